The van der Waals surface area contributed by atoms with Crippen molar-refractivity contribution >= 4 is 5.82 Å². The molecule has 0 radical (unpaired) electrons. The third-order valence-electron chi connectivity index (χ3n) is 2.98. The first kappa shape index (κ1) is 14.4. The molecule has 0 aliphatic heterocycles. The molecule has 0 aliphatic rings. The van der Waals surface area contributed by atoms with Gasteiger partial charge in [-0.3, -0.25) is 4.98 Å². The molecule has 0 saturated carbocycles. The van der Waals surface area contributed by atoms with Crippen LogP contribution in [0.4, 0.5) is 5.82 Å². The van der Waals surface area contributed by atoms with Crippen LogP contribution < -0.4 is 5.32 Å². The van der Waals surface area contributed by atoms with E-state index in [0.29, 0.717) is 11.7 Å². The molecule has 4 heteroatoms. The second kappa shape index (κ2) is 6.46. The Hall–Kier alpha value is -1.97. The zero-order valence-electron chi connectivity index (χ0n) is 12.6. The van der Waals surface area contributed by atoms with Crippen molar-refractivity contribution in [2.45, 2.75) is 34.1 Å². The van der Waals surface area contributed by atoms with Crippen LogP contribution in [0.2, 0.25) is 0 Å². The van der Waals surface area contributed by atoms with Gasteiger partial charge in [0.25, 0.3) is 0 Å². The fourth-order valence-corrected chi connectivity index (χ4v) is 2.12. The van der Waals surface area contributed by atoms with Crippen molar-refractivity contribution in [3.05, 3.63) is 35.7 Å². The normalized spacial score (nSPS) is 10.8. The van der Waals surface area contributed by atoms with Crippen molar-refractivity contribution in [3.8, 4) is 11.5 Å². The van der Waals surface area contributed by atoms with Crippen molar-refractivity contribution in [3.63, 3.8) is 0 Å². The predicted octanol–water partition coefficient (Wildman–Crippen LogP) is 3.48. The van der Waals surface area contributed by atoms with E-state index in [0.717, 1.165) is 35.7 Å². The number of nitrogens with one attached hydrogen (secondary N) is 1. The molecule has 20 heavy (non-hydrogen) atoms. The molecule has 0 amide bonds. The standard InChI is InChI=1S/C16H22N4/c1-5-17-14-10-13(9-11(2)3)19-16(20-14)15-12(4)7-6-8-18-15/h6-8,10-11H,5,9H2,1-4H3,(H,17,19,20). The number of aryl methyl sites for hydroxylation is 1. The average Bonchev–Trinajstić information content (AvgIpc) is 2.38. The van der Waals surface area contributed by atoms with Gasteiger partial charge in [-0.2, -0.15) is 0 Å². The Bertz CT molecular complexity index is 578. The number of hydrogen-bond acceptors (Lipinski definition) is 4. The number of anilines is 1. The number of nitrogens with zero attached hydrogens (tertiary/aromatic N) is 3. The van der Waals surface area contributed by atoms with Crippen molar-refractivity contribution in [2.75, 3.05) is 11.9 Å². The number of hydrogen-bond donors (Lipinski definition) is 1. The highest BCUT2D eigenvalue weighted by Crippen LogP contribution is 2.20. The molecule has 2 heterocycles. The van der Waals surface area contributed by atoms with Gasteiger partial charge in [0.05, 0.1) is 0 Å². The molecule has 0 unspecified atom stereocenters. The Balaban J connectivity index is 2.46. The molecule has 0 bridgehead atoms. The Labute approximate surface area is 120 Å². The number of aromatic nitrogens is 3. The fraction of sp³-hybridized carbons (Fsp3) is 0.438. The average molecular weight is 270 g/mol. The van der Waals surface area contributed by atoms with Gasteiger partial charge in [0.2, 0.25) is 0 Å². The van der Waals surface area contributed by atoms with E-state index in [9.17, 15) is 0 Å². The van der Waals surface area contributed by atoms with Crippen LogP contribution in [0.5, 0.6) is 0 Å². The van der Waals surface area contributed by atoms with Crippen molar-refractivity contribution < 1.29 is 0 Å². The second-order valence-electron chi connectivity index (χ2n) is 5.37. The van der Waals surface area contributed by atoms with Crippen LogP contribution in [-0.4, -0.2) is 21.5 Å². The maximum atomic E-state index is 4.67. The largest absolute Gasteiger partial charge is 0.370 e. The van der Waals surface area contributed by atoms with Gasteiger partial charge in [0.15, 0.2) is 5.82 Å². The summed E-state index contributed by atoms with van der Waals surface area (Å²) < 4.78 is 0. The molecule has 0 aromatic carbocycles. The summed E-state index contributed by atoms with van der Waals surface area (Å²) in [4.78, 5) is 13.7. The van der Waals surface area contributed by atoms with Gasteiger partial charge in [0, 0.05) is 24.5 Å². The topological polar surface area (TPSA) is 50.7 Å². The van der Waals surface area contributed by atoms with Crippen LogP contribution >= 0.6 is 0 Å². The summed E-state index contributed by atoms with van der Waals surface area (Å²) >= 11 is 0. The maximum Gasteiger partial charge on any atom is 0.180 e. The van der Waals surface area contributed by atoms with Crippen LogP contribution in [0.25, 0.3) is 11.5 Å². The molecular formula is C16H22N4. The van der Waals surface area contributed by atoms with Crippen molar-refractivity contribution in [1.82, 2.24) is 15.0 Å². The van der Waals surface area contributed by atoms with E-state index < -0.39 is 0 Å². The molecule has 2 aromatic rings. The lowest BCUT2D eigenvalue weighted by Crippen LogP contribution is -2.07. The summed E-state index contributed by atoms with van der Waals surface area (Å²) in [5, 5.41) is 3.27. The zero-order chi connectivity index (χ0) is 14.5. The molecular weight excluding hydrogens is 248 g/mol. The molecule has 106 valence electrons. The van der Waals surface area contributed by atoms with E-state index in [-0.39, 0.29) is 0 Å². The lowest BCUT2D eigenvalue weighted by molar-refractivity contribution is 0.634. The molecule has 2 aromatic heterocycles. The first-order chi connectivity index (χ1) is 9.60. The molecule has 1 N–H and O–H groups in total. The summed E-state index contributed by atoms with van der Waals surface area (Å²) in [5.74, 6) is 2.15. The molecule has 4 nitrogen and oxygen atoms in total. The van der Waals surface area contributed by atoms with Gasteiger partial charge in [0.1, 0.15) is 11.5 Å². The second-order valence-corrected chi connectivity index (χ2v) is 5.37. The summed E-state index contributed by atoms with van der Waals surface area (Å²) in [7, 11) is 0. The van der Waals surface area contributed by atoms with Crippen molar-refractivity contribution in [1.29, 1.82) is 0 Å². The molecule has 0 atom stereocenters. The van der Waals surface area contributed by atoms with Gasteiger partial charge < -0.3 is 5.32 Å². The van der Waals surface area contributed by atoms with Crippen LogP contribution in [-0.2, 0) is 6.42 Å². The minimum Gasteiger partial charge on any atom is -0.370 e. The summed E-state index contributed by atoms with van der Waals surface area (Å²) in [6.45, 7) is 9.34. The lowest BCUT2D eigenvalue weighted by Gasteiger charge is -2.11. The summed E-state index contributed by atoms with van der Waals surface area (Å²) in [6, 6.07) is 6.00. The summed E-state index contributed by atoms with van der Waals surface area (Å²) in [6.07, 6.45) is 2.73. The minimum atomic E-state index is 0.567. The molecule has 0 fully saturated rings. The highest BCUT2D eigenvalue weighted by molar-refractivity contribution is 5.57. The Morgan fingerprint density at radius 2 is 2.05 bits per heavy atom. The Morgan fingerprint density at radius 3 is 2.70 bits per heavy atom. The molecule has 0 aliphatic carbocycles. The summed E-state index contributed by atoms with van der Waals surface area (Å²) in [5.41, 5.74) is 3.01. The van der Waals surface area contributed by atoms with Crippen LogP contribution in [0.1, 0.15) is 32.0 Å². The van der Waals surface area contributed by atoms with Crippen molar-refractivity contribution in [2.24, 2.45) is 5.92 Å². The van der Waals surface area contributed by atoms with Crippen LogP contribution in [0.3, 0.4) is 0 Å². The quantitative estimate of drug-likeness (QED) is 0.903. The van der Waals surface area contributed by atoms with Gasteiger partial charge in [-0.25, -0.2) is 9.97 Å². The van der Waals surface area contributed by atoms with E-state index in [4.69, 9.17) is 0 Å². The molecule has 0 spiro atoms. The van der Waals surface area contributed by atoms with E-state index >= 15 is 0 Å². The fourth-order valence-electron chi connectivity index (χ4n) is 2.12. The molecule has 0 saturated heterocycles. The number of rotatable bonds is 5. The lowest BCUT2D eigenvalue weighted by atomic mass is 10.1. The predicted molar refractivity (Wildman–Crippen MR) is 82.7 cm³/mol. The monoisotopic (exact) mass is 270 g/mol. The molecule has 2 rings (SSSR count). The third-order valence-corrected chi connectivity index (χ3v) is 2.98. The van der Waals surface area contributed by atoms with Gasteiger partial charge in [-0.05, 0) is 37.8 Å². The maximum absolute atomic E-state index is 4.67. The van der Waals surface area contributed by atoms with Gasteiger partial charge in [-0.15, -0.1) is 0 Å². The van der Waals surface area contributed by atoms with Gasteiger partial charge in [-0.1, -0.05) is 19.9 Å². The SMILES string of the molecule is CCNc1cc(CC(C)C)nc(-c2ncccc2C)n1. The van der Waals surface area contributed by atoms with Gasteiger partial charge >= 0.3 is 0 Å². The van der Waals surface area contributed by atoms with E-state index in [1.54, 1.807) is 6.20 Å². The highest BCUT2D eigenvalue weighted by atomic mass is 15.0. The third kappa shape index (κ3) is 3.53. The van der Waals surface area contributed by atoms with E-state index in [1.807, 2.05) is 25.1 Å². The highest BCUT2D eigenvalue weighted by Gasteiger charge is 2.10. The first-order valence-corrected chi connectivity index (χ1v) is 7.14. The first-order valence-electron chi connectivity index (χ1n) is 7.14. The minimum absolute atomic E-state index is 0.567. The van der Waals surface area contributed by atoms with Crippen LogP contribution in [0, 0.1) is 12.8 Å². The smallest absolute Gasteiger partial charge is 0.180 e. The number of pyridine rings is 1. The zero-order valence-corrected chi connectivity index (χ0v) is 12.6. The Kier molecular flexibility index (Phi) is 4.66. The Morgan fingerprint density at radius 1 is 1.25 bits per heavy atom. The van der Waals surface area contributed by atoms with E-state index in [1.165, 1.54) is 0 Å². The van der Waals surface area contributed by atoms with Crippen LogP contribution in [0.15, 0.2) is 24.4 Å². The van der Waals surface area contributed by atoms with E-state index in [2.05, 4.69) is 41.0 Å².